The Morgan fingerprint density at radius 2 is 2.06 bits per heavy atom. The van der Waals surface area contributed by atoms with Gasteiger partial charge in [0.2, 0.25) is 0 Å². The van der Waals surface area contributed by atoms with Crippen LogP contribution in [0, 0.1) is 5.92 Å². The van der Waals surface area contributed by atoms with Crippen molar-refractivity contribution in [3.05, 3.63) is 35.9 Å². The smallest absolute Gasteiger partial charge is 0.0578 e. The molecule has 0 heterocycles. The summed E-state index contributed by atoms with van der Waals surface area (Å²) in [5.41, 5.74) is -0.292. The number of rotatable bonds is 2. The molecular weight excluding hydrogens is 204 g/mol. The van der Waals surface area contributed by atoms with Crippen molar-refractivity contribution in [1.29, 1.82) is 0 Å². The second-order valence-corrected chi connectivity index (χ2v) is 4.52. The van der Waals surface area contributed by atoms with Gasteiger partial charge in [-0.15, -0.1) is 0 Å². The number of carbonyl (C=O) groups is 1. The normalized spacial score (nSPS) is 33.9. The standard InChI is InChI=1S/C13H16O3/c1-9-11(14)7-8-13(9,12(15)16)10-5-3-2-4-6-10/h2-6,9,11,14H,7-8H2,1H3,(H,15,16)/p-1/t9-,11-,13-/m1/s1. The molecule has 0 unspecified atom stereocenters. The van der Waals surface area contributed by atoms with Crippen LogP contribution in [-0.2, 0) is 10.2 Å². The van der Waals surface area contributed by atoms with Gasteiger partial charge in [0.25, 0.3) is 0 Å². The fourth-order valence-electron chi connectivity index (χ4n) is 2.73. The van der Waals surface area contributed by atoms with E-state index in [1.165, 1.54) is 0 Å². The topological polar surface area (TPSA) is 60.4 Å². The van der Waals surface area contributed by atoms with E-state index in [1.807, 2.05) is 18.2 Å². The first-order valence-corrected chi connectivity index (χ1v) is 5.54. The molecule has 2 rings (SSSR count). The van der Waals surface area contributed by atoms with Crippen molar-refractivity contribution in [3.8, 4) is 0 Å². The molecule has 0 aromatic heterocycles. The van der Waals surface area contributed by atoms with Gasteiger partial charge in [-0.1, -0.05) is 37.3 Å². The number of carbonyl (C=O) groups excluding carboxylic acids is 1. The number of benzene rings is 1. The molecule has 16 heavy (non-hydrogen) atoms. The molecule has 0 spiro atoms. The summed E-state index contributed by atoms with van der Waals surface area (Å²) in [5, 5.41) is 21.2. The Labute approximate surface area is 94.7 Å². The van der Waals surface area contributed by atoms with E-state index in [1.54, 1.807) is 19.1 Å². The summed E-state index contributed by atoms with van der Waals surface area (Å²) in [6.45, 7) is 1.78. The minimum absolute atomic E-state index is 0.306. The van der Waals surface area contributed by atoms with Gasteiger partial charge in [0.15, 0.2) is 0 Å². The van der Waals surface area contributed by atoms with Crippen molar-refractivity contribution >= 4 is 5.97 Å². The number of carboxylic acid groups (broad SMARTS) is 1. The van der Waals surface area contributed by atoms with Crippen molar-refractivity contribution in [2.75, 3.05) is 0 Å². The van der Waals surface area contributed by atoms with E-state index in [4.69, 9.17) is 0 Å². The molecule has 86 valence electrons. The molecule has 1 aromatic carbocycles. The molecule has 0 saturated heterocycles. The summed E-state index contributed by atoms with van der Waals surface area (Å²) >= 11 is 0. The molecule has 1 aliphatic carbocycles. The second kappa shape index (κ2) is 3.91. The molecule has 3 atom stereocenters. The Balaban J connectivity index is 2.50. The van der Waals surface area contributed by atoms with Gasteiger partial charge in [0.05, 0.1) is 12.1 Å². The lowest BCUT2D eigenvalue weighted by Crippen LogP contribution is -2.49. The maximum absolute atomic E-state index is 11.5. The molecule has 1 saturated carbocycles. The minimum atomic E-state index is -1.08. The highest BCUT2D eigenvalue weighted by Gasteiger charge is 2.47. The van der Waals surface area contributed by atoms with E-state index < -0.39 is 17.5 Å². The number of aliphatic carboxylic acids is 1. The predicted octanol–water partition coefficient (Wildman–Crippen LogP) is 0.465. The molecule has 0 bridgehead atoms. The summed E-state index contributed by atoms with van der Waals surface area (Å²) in [5.74, 6) is -1.39. The van der Waals surface area contributed by atoms with Crippen LogP contribution >= 0.6 is 0 Å². The molecular formula is C13H15O3-. The first-order chi connectivity index (χ1) is 7.59. The van der Waals surface area contributed by atoms with Crippen LogP contribution in [0.3, 0.4) is 0 Å². The van der Waals surface area contributed by atoms with Crippen LogP contribution in [0.2, 0.25) is 0 Å². The average molecular weight is 219 g/mol. The van der Waals surface area contributed by atoms with Gasteiger partial charge in [-0.25, -0.2) is 0 Å². The van der Waals surface area contributed by atoms with E-state index in [-0.39, 0.29) is 5.92 Å². The molecule has 1 fully saturated rings. The van der Waals surface area contributed by atoms with Crippen LogP contribution in [0.1, 0.15) is 25.3 Å². The van der Waals surface area contributed by atoms with Gasteiger partial charge in [-0.3, -0.25) is 0 Å². The molecule has 0 aliphatic heterocycles. The van der Waals surface area contributed by atoms with E-state index in [2.05, 4.69) is 0 Å². The van der Waals surface area contributed by atoms with Crippen molar-refractivity contribution in [2.45, 2.75) is 31.3 Å². The monoisotopic (exact) mass is 219 g/mol. The lowest BCUT2D eigenvalue weighted by Gasteiger charge is -2.36. The SMILES string of the molecule is C[C@@H]1[C@H](O)CC[C@]1(C(=O)[O-])c1ccccc1. The Hall–Kier alpha value is -1.35. The first kappa shape index (κ1) is 11.1. The van der Waals surface area contributed by atoms with Gasteiger partial charge >= 0.3 is 0 Å². The zero-order chi connectivity index (χ0) is 11.8. The van der Waals surface area contributed by atoms with Gasteiger partial charge < -0.3 is 15.0 Å². The Bertz CT molecular complexity index is 387. The number of aliphatic hydroxyl groups is 1. The highest BCUT2D eigenvalue weighted by atomic mass is 16.4. The van der Waals surface area contributed by atoms with Crippen LogP contribution in [0.25, 0.3) is 0 Å². The molecule has 1 aliphatic rings. The minimum Gasteiger partial charge on any atom is -0.549 e. The van der Waals surface area contributed by atoms with E-state index in [0.29, 0.717) is 12.8 Å². The zero-order valence-corrected chi connectivity index (χ0v) is 9.22. The number of aliphatic hydroxyl groups excluding tert-OH is 1. The van der Waals surface area contributed by atoms with Gasteiger partial charge in [0, 0.05) is 5.41 Å². The Morgan fingerprint density at radius 3 is 2.50 bits per heavy atom. The molecule has 0 amide bonds. The fraction of sp³-hybridized carbons (Fsp3) is 0.462. The van der Waals surface area contributed by atoms with E-state index >= 15 is 0 Å². The molecule has 1 N–H and O–H groups in total. The third kappa shape index (κ3) is 1.43. The van der Waals surface area contributed by atoms with Gasteiger partial charge in [-0.2, -0.15) is 0 Å². The molecule has 3 nitrogen and oxygen atoms in total. The van der Waals surface area contributed by atoms with E-state index in [9.17, 15) is 15.0 Å². The van der Waals surface area contributed by atoms with Gasteiger partial charge in [0.1, 0.15) is 0 Å². The van der Waals surface area contributed by atoms with Crippen LogP contribution in [0.4, 0.5) is 0 Å². The summed E-state index contributed by atoms with van der Waals surface area (Å²) in [6.07, 6.45) is 0.407. The summed E-state index contributed by atoms with van der Waals surface area (Å²) in [7, 11) is 0. The Kier molecular flexibility index (Phi) is 2.72. The van der Waals surface area contributed by atoms with Crippen LogP contribution in [-0.4, -0.2) is 17.2 Å². The van der Waals surface area contributed by atoms with Crippen LogP contribution in [0.5, 0.6) is 0 Å². The van der Waals surface area contributed by atoms with Crippen LogP contribution < -0.4 is 5.11 Å². The first-order valence-electron chi connectivity index (χ1n) is 5.54. The van der Waals surface area contributed by atoms with Crippen molar-refractivity contribution in [1.82, 2.24) is 0 Å². The number of carboxylic acids is 1. The van der Waals surface area contributed by atoms with Crippen molar-refractivity contribution in [3.63, 3.8) is 0 Å². The number of hydrogen-bond donors (Lipinski definition) is 1. The molecule has 0 radical (unpaired) electrons. The van der Waals surface area contributed by atoms with E-state index in [0.717, 1.165) is 5.56 Å². The average Bonchev–Trinajstić information content (AvgIpc) is 2.59. The highest BCUT2D eigenvalue weighted by molar-refractivity contribution is 5.80. The maximum Gasteiger partial charge on any atom is 0.0578 e. The van der Waals surface area contributed by atoms with Crippen molar-refractivity contribution < 1.29 is 15.0 Å². The third-order valence-electron chi connectivity index (χ3n) is 3.84. The quantitative estimate of drug-likeness (QED) is 0.786. The summed E-state index contributed by atoms with van der Waals surface area (Å²) in [4.78, 5) is 11.5. The number of hydrogen-bond acceptors (Lipinski definition) is 3. The summed E-state index contributed by atoms with van der Waals surface area (Å²) < 4.78 is 0. The molecule has 1 aromatic rings. The largest absolute Gasteiger partial charge is 0.549 e. The summed E-state index contributed by atoms with van der Waals surface area (Å²) in [6, 6.07) is 9.08. The highest BCUT2D eigenvalue weighted by Crippen LogP contribution is 2.45. The van der Waals surface area contributed by atoms with Crippen molar-refractivity contribution in [2.24, 2.45) is 5.92 Å². The second-order valence-electron chi connectivity index (χ2n) is 4.52. The maximum atomic E-state index is 11.5. The fourth-order valence-corrected chi connectivity index (χ4v) is 2.73. The zero-order valence-electron chi connectivity index (χ0n) is 9.22. The third-order valence-corrected chi connectivity index (χ3v) is 3.84. The lowest BCUT2D eigenvalue weighted by atomic mass is 9.72. The van der Waals surface area contributed by atoms with Crippen LogP contribution in [0.15, 0.2) is 30.3 Å². The Morgan fingerprint density at radius 1 is 1.44 bits per heavy atom. The molecule has 3 heteroatoms. The predicted molar refractivity (Wildman–Crippen MR) is 57.5 cm³/mol. The van der Waals surface area contributed by atoms with Gasteiger partial charge in [-0.05, 0) is 24.3 Å². The lowest BCUT2D eigenvalue weighted by molar-refractivity contribution is -0.315.